The van der Waals surface area contributed by atoms with Crippen LogP contribution in [0.4, 0.5) is 8.78 Å². The molecule has 0 spiro atoms. The van der Waals surface area contributed by atoms with Crippen molar-refractivity contribution in [3.8, 4) is 0 Å². The zero-order chi connectivity index (χ0) is 19.0. The van der Waals surface area contributed by atoms with Gasteiger partial charge in [0, 0.05) is 53.5 Å². The molecule has 1 aromatic carbocycles. The minimum Gasteiger partial charge on any atom is -0.327 e. The fourth-order valence-electron chi connectivity index (χ4n) is 4.33. The van der Waals surface area contributed by atoms with Crippen molar-refractivity contribution in [2.24, 2.45) is 5.73 Å². The molecular formula is C19H21F2N3O2S. The molecule has 0 unspecified atom stereocenters. The number of hydrogen-bond acceptors (Lipinski definition) is 4. The van der Waals surface area contributed by atoms with Crippen molar-refractivity contribution in [3.05, 3.63) is 35.2 Å². The van der Waals surface area contributed by atoms with E-state index < -0.39 is 34.8 Å². The van der Waals surface area contributed by atoms with Crippen LogP contribution >= 0.6 is 0 Å². The van der Waals surface area contributed by atoms with E-state index in [0.29, 0.717) is 24.1 Å². The molecule has 27 heavy (non-hydrogen) atoms. The summed E-state index contributed by atoms with van der Waals surface area (Å²) in [5, 5.41) is 1.38. The summed E-state index contributed by atoms with van der Waals surface area (Å²) in [6.45, 7) is 0. The molecule has 3 N–H and O–H groups in total. The van der Waals surface area contributed by atoms with Gasteiger partial charge < -0.3 is 5.73 Å². The van der Waals surface area contributed by atoms with Gasteiger partial charge in [-0.2, -0.15) is 0 Å². The molecule has 0 aliphatic heterocycles. The van der Waals surface area contributed by atoms with Crippen molar-refractivity contribution in [3.63, 3.8) is 0 Å². The molecule has 2 aromatic rings. The van der Waals surface area contributed by atoms with E-state index in [1.165, 1.54) is 0 Å². The first-order valence-electron chi connectivity index (χ1n) is 9.32. The lowest BCUT2D eigenvalue weighted by atomic mass is 9.89. The fourth-order valence-corrected chi connectivity index (χ4v) is 6.06. The van der Waals surface area contributed by atoms with Crippen LogP contribution in [0.5, 0.6) is 0 Å². The van der Waals surface area contributed by atoms with Crippen molar-refractivity contribution in [2.45, 2.75) is 67.3 Å². The molecule has 144 valence electrons. The average molecular weight is 393 g/mol. The maximum absolute atomic E-state index is 13.2. The smallest absolute Gasteiger partial charge is 0.251 e. The van der Waals surface area contributed by atoms with Crippen molar-refractivity contribution < 1.29 is 17.2 Å². The monoisotopic (exact) mass is 393 g/mol. The number of nitrogens with one attached hydrogen (secondary N) is 1. The molecule has 5 rings (SSSR count). The quantitative estimate of drug-likeness (QED) is 0.836. The number of hydrogen-bond donors (Lipinski definition) is 2. The van der Waals surface area contributed by atoms with Crippen molar-refractivity contribution in [1.82, 2.24) is 9.71 Å². The Morgan fingerprint density at radius 3 is 2.59 bits per heavy atom. The van der Waals surface area contributed by atoms with Crippen LogP contribution in [0.3, 0.4) is 0 Å². The van der Waals surface area contributed by atoms with Crippen LogP contribution in [-0.4, -0.2) is 31.4 Å². The molecule has 1 atom stereocenters. The van der Waals surface area contributed by atoms with Gasteiger partial charge in [0.1, 0.15) is 0 Å². The Morgan fingerprint density at radius 1 is 1.19 bits per heavy atom. The second-order valence-corrected chi connectivity index (χ2v) is 9.85. The number of nitrogens with zero attached hydrogens (tertiary/aromatic N) is 1. The van der Waals surface area contributed by atoms with Crippen molar-refractivity contribution in [1.29, 1.82) is 0 Å². The fraction of sp³-hybridized carbons (Fsp3) is 0.526. The predicted octanol–water partition coefficient (Wildman–Crippen LogP) is 2.61. The van der Waals surface area contributed by atoms with Gasteiger partial charge in [-0.1, -0.05) is 0 Å². The van der Waals surface area contributed by atoms with Gasteiger partial charge in [0.2, 0.25) is 10.0 Å². The Kier molecular flexibility index (Phi) is 3.68. The zero-order valence-electron chi connectivity index (χ0n) is 14.7. The molecule has 3 aliphatic rings. The van der Waals surface area contributed by atoms with E-state index in [9.17, 15) is 17.2 Å². The summed E-state index contributed by atoms with van der Waals surface area (Å²) >= 11 is 0. The second-order valence-electron chi connectivity index (χ2n) is 8.20. The highest BCUT2D eigenvalue weighted by molar-refractivity contribution is 7.89. The Labute approximate surface area is 156 Å². The molecule has 1 heterocycles. The molecule has 8 heteroatoms. The van der Waals surface area contributed by atoms with E-state index in [-0.39, 0.29) is 10.9 Å². The number of fused-ring (bicyclic) bond motifs is 2. The van der Waals surface area contributed by atoms with Crippen molar-refractivity contribution >= 4 is 20.8 Å². The van der Waals surface area contributed by atoms with Crippen LogP contribution in [0.2, 0.25) is 0 Å². The topological polar surface area (TPSA) is 85.1 Å². The van der Waals surface area contributed by atoms with E-state index in [4.69, 9.17) is 5.73 Å². The Balaban J connectivity index is 1.64. The van der Waals surface area contributed by atoms with Crippen LogP contribution in [-0.2, 0) is 22.9 Å². The number of rotatable bonds is 4. The second kappa shape index (κ2) is 5.68. The summed E-state index contributed by atoms with van der Waals surface area (Å²) in [6, 6.07) is 2.98. The molecular weight excluding hydrogens is 372 g/mol. The average Bonchev–Trinajstić information content (AvgIpc) is 3.31. The highest BCUT2D eigenvalue weighted by Crippen LogP contribution is 2.43. The molecule has 2 fully saturated rings. The minimum absolute atomic E-state index is 0.130. The first kappa shape index (κ1) is 17.5. The minimum atomic E-state index is -3.93. The third-order valence-electron chi connectivity index (χ3n) is 5.82. The molecule has 3 aliphatic carbocycles. The van der Waals surface area contributed by atoms with Crippen LogP contribution in [0.1, 0.15) is 48.4 Å². The van der Waals surface area contributed by atoms with Gasteiger partial charge >= 0.3 is 0 Å². The van der Waals surface area contributed by atoms with E-state index in [1.54, 1.807) is 6.20 Å². The number of sulfonamides is 1. The number of nitrogens with two attached hydrogens (primary N) is 1. The zero-order valence-corrected chi connectivity index (χ0v) is 15.5. The van der Waals surface area contributed by atoms with Crippen LogP contribution in [0, 0.1) is 0 Å². The number of halogens is 2. The highest BCUT2D eigenvalue weighted by atomic mass is 32.2. The standard InChI is InChI=1S/C19H21F2N3O2S/c20-19(21)7-14(8-19)24-27(25,26)18-15-5-13(22)4-11(15)3-12-9-23-17(6-16(12)18)10-1-2-10/h3,6,9-10,13-14,24H,1-2,4-5,7-8,22H2/t13-/m0/s1. The Bertz CT molecular complexity index is 1040. The van der Waals surface area contributed by atoms with E-state index in [2.05, 4.69) is 9.71 Å². The predicted molar refractivity (Wildman–Crippen MR) is 97.4 cm³/mol. The lowest BCUT2D eigenvalue weighted by Gasteiger charge is -2.35. The summed E-state index contributed by atoms with van der Waals surface area (Å²) < 4.78 is 55.3. The van der Waals surface area contributed by atoms with Gasteiger partial charge in [-0.15, -0.1) is 0 Å². The number of alkyl halides is 2. The molecule has 0 bridgehead atoms. The Morgan fingerprint density at radius 2 is 1.93 bits per heavy atom. The number of pyridine rings is 1. The maximum atomic E-state index is 13.2. The molecule has 0 saturated heterocycles. The summed E-state index contributed by atoms with van der Waals surface area (Å²) in [7, 11) is -3.93. The van der Waals surface area contributed by atoms with Gasteiger partial charge in [-0.25, -0.2) is 21.9 Å². The van der Waals surface area contributed by atoms with Gasteiger partial charge in [0.15, 0.2) is 0 Å². The summed E-state index contributed by atoms with van der Waals surface area (Å²) in [4.78, 5) is 4.71. The van der Waals surface area contributed by atoms with Crippen LogP contribution in [0.15, 0.2) is 23.2 Å². The van der Waals surface area contributed by atoms with Gasteiger partial charge in [-0.05, 0) is 48.9 Å². The van der Waals surface area contributed by atoms with Crippen LogP contribution < -0.4 is 10.5 Å². The molecule has 1 aromatic heterocycles. The Hall–Kier alpha value is -1.64. The molecule has 0 amide bonds. The van der Waals surface area contributed by atoms with Crippen molar-refractivity contribution in [2.75, 3.05) is 0 Å². The number of aromatic nitrogens is 1. The first-order valence-corrected chi connectivity index (χ1v) is 10.8. The normalized spacial score (nSPS) is 24.8. The van der Waals surface area contributed by atoms with E-state index >= 15 is 0 Å². The molecule has 5 nitrogen and oxygen atoms in total. The van der Waals surface area contributed by atoms with Gasteiger partial charge in [0.25, 0.3) is 5.92 Å². The summed E-state index contributed by atoms with van der Waals surface area (Å²) in [5.41, 5.74) is 8.63. The molecule has 2 saturated carbocycles. The molecule has 0 radical (unpaired) electrons. The van der Waals surface area contributed by atoms with E-state index in [0.717, 1.165) is 35.0 Å². The van der Waals surface area contributed by atoms with E-state index in [1.807, 2.05) is 12.1 Å². The largest absolute Gasteiger partial charge is 0.327 e. The first-order chi connectivity index (χ1) is 12.7. The summed E-state index contributed by atoms with van der Waals surface area (Å²) in [6.07, 6.45) is 4.03. The summed E-state index contributed by atoms with van der Waals surface area (Å²) in [5.74, 6) is -2.39. The lowest BCUT2D eigenvalue weighted by Crippen LogP contribution is -2.50. The van der Waals surface area contributed by atoms with Gasteiger partial charge in [-0.3, -0.25) is 4.98 Å². The highest BCUT2D eigenvalue weighted by Gasteiger charge is 2.47. The van der Waals surface area contributed by atoms with Crippen LogP contribution in [0.25, 0.3) is 10.8 Å². The number of benzene rings is 1. The third-order valence-corrected chi connectivity index (χ3v) is 7.46. The third kappa shape index (κ3) is 3.03. The van der Waals surface area contributed by atoms with Gasteiger partial charge in [0.05, 0.1) is 4.90 Å². The maximum Gasteiger partial charge on any atom is 0.251 e. The lowest BCUT2D eigenvalue weighted by molar-refractivity contribution is -0.0876. The SMILES string of the molecule is N[C@H]1Cc2cc3cnc(C4CC4)cc3c(S(=O)(=O)NC3CC(F)(F)C3)c2C1.